The maximum Gasteiger partial charge on any atom is 0.230 e. The van der Waals surface area contributed by atoms with Crippen LogP contribution >= 0.6 is 23.1 Å². The van der Waals surface area contributed by atoms with Crippen LogP contribution in [0.4, 0.5) is 0 Å². The number of nitrogens with zero attached hydrogens (tertiary/aromatic N) is 2. The fraction of sp³-hybridized carbons (Fsp3) is 0.444. The normalized spacial score (nSPS) is 15.5. The van der Waals surface area contributed by atoms with E-state index in [1.165, 1.54) is 28.6 Å². The Labute approximate surface area is 173 Å². The number of sulfone groups is 1. The minimum Gasteiger partial charge on any atom is -0.379 e. The number of nitrogens with one attached hydrogen (secondary N) is 1. The second-order valence-electron chi connectivity index (χ2n) is 6.35. The predicted octanol–water partition coefficient (Wildman–Crippen LogP) is 1.82. The van der Waals surface area contributed by atoms with E-state index in [1.54, 1.807) is 24.3 Å². The van der Waals surface area contributed by atoms with Crippen LogP contribution in [0.5, 0.6) is 0 Å². The Morgan fingerprint density at radius 2 is 2.00 bits per heavy atom. The highest BCUT2D eigenvalue weighted by atomic mass is 32.2. The van der Waals surface area contributed by atoms with E-state index < -0.39 is 9.84 Å². The Balaban J connectivity index is 1.53. The zero-order chi connectivity index (χ0) is 20.0. The van der Waals surface area contributed by atoms with Crippen LogP contribution in [0.15, 0.2) is 43.9 Å². The van der Waals surface area contributed by atoms with E-state index in [0.29, 0.717) is 10.8 Å². The molecule has 1 aromatic heterocycles. The molecule has 7 nitrogen and oxygen atoms in total. The summed E-state index contributed by atoms with van der Waals surface area (Å²) >= 11 is 2.44. The van der Waals surface area contributed by atoms with Crippen LogP contribution in [0.3, 0.4) is 0 Å². The smallest absolute Gasteiger partial charge is 0.230 e. The highest BCUT2D eigenvalue weighted by molar-refractivity contribution is 8.02. The first-order valence-electron chi connectivity index (χ1n) is 8.91. The average molecular weight is 442 g/mol. The molecule has 1 fully saturated rings. The number of thioether (sulfide) groups is 1. The van der Waals surface area contributed by atoms with Gasteiger partial charge in [-0.15, -0.1) is 23.1 Å². The molecule has 1 saturated heterocycles. The van der Waals surface area contributed by atoms with E-state index in [9.17, 15) is 13.2 Å². The first kappa shape index (κ1) is 21.3. The SMILES string of the molecule is Cc1ccc(S(=O)(=O)c2ncsc2SCC(=O)NCCN2CCOCC2)cc1. The lowest BCUT2D eigenvalue weighted by Gasteiger charge is -2.26. The Hall–Kier alpha value is -1.46. The number of aryl methyl sites for hydroxylation is 1. The van der Waals surface area contributed by atoms with Gasteiger partial charge in [-0.3, -0.25) is 9.69 Å². The summed E-state index contributed by atoms with van der Waals surface area (Å²) in [6.07, 6.45) is 0. The van der Waals surface area contributed by atoms with Gasteiger partial charge in [-0.25, -0.2) is 13.4 Å². The standard InChI is InChI=1S/C18H23N3O4S3/c1-14-2-4-15(5-3-14)28(23,24)17-18(27-13-20-17)26-12-16(22)19-6-7-21-8-10-25-11-9-21/h2-5,13H,6-12H2,1H3,(H,19,22). The number of carbonyl (C=O) groups excluding carboxylic acids is 1. The van der Waals surface area contributed by atoms with Gasteiger partial charge in [0.15, 0.2) is 5.03 Å². The molecule has 1 aromatic carbocycles. The molecule has 152 valence electrons. The van der Waals surface area contributed by atoms with Crippen molar-refractivity contribution in [2.45, 2.75) is 21.1 Å². The van der Waals surface area contributed by atoms with E-state index in [-0.39, 0.29) is 21.6 Å². The van der Waals surface area contributed by atoms with Crippen LogP contribution in [0, 0.1) is 6.92 Å². The molecule has 1 amide bonds. The fourth-order valence-electron chi connectivity index (χ4n) is 2.69. The predicted molar refractivity (Wildman–Crippen MR) is 110 cm³/mol. The first-order chi connectivity index (χ1) is 13.5. The number of carbonyl (C=O) groups is 1. The molecule has 1 aliphatic rings. The third-order valence-corrected chi connectivity index (χ3v) is 8.37. The van der Waals surface area contributed by atoms with Crippen LogP contribution in [-0.4, -0.2) is 69.4 Å². The van der Waals surface area contributed by atoms with Gasteiger partial charge in [0.05, 0.1) is 33.6 Å². The van der Waals surface area contributed by atoms with Crippen molar-refractivity contribution in [1.82, 2.24) is 15.2 Å². The number of hydrogen-bond acceptors (Lipinski definition) is 8. The molecule has 3 rings (SSSR count). The van der Waals surface area contributed by atoms with Crippen LogP contribution < -0.4 is 5.32 Å². The van der Waals surface area contributed by atoms with E-state index in [0.717, 1.165) is 38.4 Å². The van der Waals surface area contributed by atoms with Crippen molar-refractivity contribution in [2.24, 2.45) is 0 Å². The molecule has 0 spiro atoms. The number of amides is 1. The summed E-state index contributed by atoms with van der Waals surface area (Å²) in [5, 5.41) is 2.90. The van der Waals surface area contributed by atoms with Gasteiger partial charge in [0.1, 0.15) is 0 Å². The summed E-state index contributed by atoms with van der Waals surface area (Å²) in [4.78, 5) is 18.6. The lowest BCUT2D eigenvalue weighted by atomic mass is 10.2. The van der Waals surface area contributed by atoms with Gasteiger partial charge in [-0.2, -0.15) is 0 Å². The molecule has 0 bridgehead atoms. The number of rotatable bonds is 8. The number of hydrogen-bond donors (Lipinski definition) is 1. The number of benzene rings is 1. The highest BCUT2D eigenvalue weighted by Gasteiger charge is 2.25. The zero-order valence-corrected chi connectivity index (χ0v) is 18.0. The quantitative estimate of drug-likeness (QED) is 0.625. The van der Waals surface area contributed by atoms with Gasteiger partial charge in [0.25, 0.3) is 0 Å². The molecule has 1 N–H and O–H groups in total. The van der Waals surface area contributed by atoms with Crippen molar-refractivity contribution in [3.63, 3.8) is 0 Å². The summed E-state index contributed by atoms with van der Waals surface area (Å²) in [6, 6.07) is 6.68. The second-order valence-corrected chi connectivity index (χ2v) is 10.3. The highest BCUT2D eigenvalue weighted by Crippen LogP contribution is 2.33. The van der Waals surface area contributed by atoms with Crippen LogP contribution in [0.25, 0.3) is 0 Å². The van der Waals surface area contributed by atoms with Crippen LogP contribution in [0.1, 0.15) is 5.56 Å². The van der Waals surface area contributed by atoms with Gasteiger partial charge in [-0.05, 0) is 19.1 Å². The lowest BCUT2D eigenvalue weighted by Crippen LogP contribution is -2.41. The number of aromatic nitrogens is 1. The van der Waals surface area contributed by atoms with Gasteiger partial charge >= 0.3 is 0 Å². The third kappa shape index (κ3) is 5.54. The maximum atomic E-state index is 12.8. The van der Waals surface area contributed by atoms with Gasteiger partial charge in [0.2, 0.25) is 15.7 Å². The Kier molecular flexibility index (Phi) is 7.47. The molecular weight excluding hydrogens is 418 g/mol. The number of ether oxygens (including phenoxy) is 1. The molecule has 28 heavy (non-hydrogen) atoms. The zero-order valence-electron chi connectivity index (χ0n) is 15.6. The Morgan fingerprint density at radius 1 is 1.29 bits per heavy atom. The fourth-order valence-corrected chi connectivity index (χ4v) is 6.39. The van der Waals surface area contributed by atoms with Gasteiger partial charge in [-0.1, -0.05) is 17.7 Å². The van der Waals surface area contributed by atoms with Crippen molar-refractivity contribution in [2.75, 3.05) is 45.1 Å². The maximum absolute atomic E-state index is 12.8. The van der Waals surface area contributed by atoms with Crippen molar-refractivity contribution in [1.29, 1.82) is 0 Å². The molecule has 0 unspecified atom stereocenters. The van der Waals surface area contributed by atoms with Crippen molar-refractivity contribution in [3.8, 4) is 0 Å². The summed E-state index contributed by atoms with van der Waals surface area (Å²) in [5.74, 6) is 0.0344. The molecule has 0 aliphatic carbocycles. The first-order valence-corrected chi connectivity index (χ1v) is 12.3. The molecule has 0 radical (unpaired) electrons. The Bertz CT molecular complexity index is 891. The summed E-state index contributed by atoms with van der Waals surface area (Å²) in [6.45, 7) is 6.47. The van der Waals surface area contributed by atoms with E-state index in [4.69, 9.17) is 4.74 Å². The molecule has 1 aliphatic heterocycles. The molecule has 10 heteroatoms. The summed E-state index contributed by atoms with van der Waals surface area (Å²) in [5.41, 5.74) is 2.49. The van der Waals surface area contributed by atoms with Crippen molar-refractivity contribution < 1.29 is 17.9 Å². The van der Waals surface area contributed by atoms with E-state index in [1.807, 2.05) is 6.92 Å². The average Bonchev–Trinajstić information content (AvgIpc) is 3.17. The van der Waals surface area contributed by atoms with Crippen LogP contribution in [-0.2, 0) is 19.4 Å². The minimum absolute atomic E-state index is 0.0208. The molecule has 0 atom stereocenters. The van der Waals surface area contributed by atoms with E-state index in [2.05, 4.69) is 15.2 Å². The molecule has 0 saturated carbocycles. The van der Waals surface area contributed by atoms with E-state index >= 15 is 0 Å². The Morgan fingerprint density at radius 3 is 2.71 bits per heavy atom. The molecular formula is C18H23N3O4S3. The second kappa shape index (κ2) is 9.84. The molecule has 2 aromatic rings. The lowest BCUT2D eigenvalue weighted by molar-refractivity contribution is -0.118. The summed E-state index contributed by atoms with van der Waals surface area (Å²) < 4.78 is 31.5. The number of morpholine rings is 1. The summed E-state index contributed by atoms with van der Waals surface area (Å²) in [7, 11) is -3.69. The number of thiazole rings is 1. The van der Waals surface area contributed by atoms with Crippen molar-refractivity contribution >= 4 is 38.8 Å². The third-order valence-electron chi connectivity index (χ3n) is 4.28. The largest absolute Gasteiger partial charge is 0.379 e. The minimum atomic E-state index is -3.69. The van der Waals surface area contributed by atoms with Crippen LogP contribution in [0.2, 0.25) is 0 Å². The van der Waals surface area contributed by atoms with Gasteiger partial charge < -0.3 is 10.1 Å². The topological polar surface area (TPSA) is 88.6 Å². The molecule has 2 heterocycles. The van der Waals surface area contributed by atoms with Gasteiger partial charge in [0, 0.05) is 26.2 Å². The monoisotopic (exact) mass is 441 g/mol. The van der Waals surface area contributed by atoms with Crippen molar-refractivity contribution in [3.05, 3.63) is 35.3 Å².